The molecule has 2 aromatic rings. The molecule has 0 unspecified atom stereocenters. The number of hydrogen-bond acceptors (Lipinski definition) is 3. The standard InChI is InChI=1S/C12H13F3N2.C11H16S/c1-8-9(11-16-6-3-7-17-11)4-2-5-10(8)12(13,14)15;1-3-5-10-8-11(12)7-6-9(10)4-2/h2,4-5H,3,6-7H2,1H3,(H,16,17);6-8,12H,3-5H2,1-2H3. The Morgan fingerprint density at radius 3 is 2.45 bits per heavy atom. The van der Waals surface area contributed by atoms with Crippen LogP contribution in [0.4, 0.5) is 13.2 Å². The molecule has 158 valence electrons. The fourth-order valence-electron chi connectivity index (χ4n) is 3.37. The predicted molar refractivity (Wildman–Crippen MR) is 117 cm³/mol. The number of benzene rings is 2. The van der Waals surface area contributed by atoms with Crippen LogP contribution in [0.5, 0.6) is 0 Å². The number of nitrogens with one attached hydrogen (secondary N) is 1. The number of hydrogen-bond donors (Lipinski definition) is 2. The van der Waals surface area contributed by atoms with Gasteiger partial charge in [0.1, 0.15) is 5.84 Å². The molecule has 0 amide bonds. The van der Waals surface area contributed by atoms with Gasteiger partial charge in [-0.05, 0) is 61.1 Å². The summed E-state index contributed by atoms with van der Waals surface area (Å²) in [4.78, 5) is 5.30. The molecule has 0 radical (unpaired) electrons. The van der Waals surface area contributed by atoms with Gasteiger partial charge in [-0.25, -0.2) is 0 Å². The Morgan fingerprint density at radius 2 is 1.86 bits per heavy atom. The summed E-state index contributed by atoms with van der Waals surface area (Å²) in [7, 11) is 0. The largest absolute Gasteiger partial charge is 0.416 e. The number of halogens is 3. The van der Waals surface area contributed by atoms with Crippen molar-refractivity contribution in [3.8, 4) is 0 Å². The normalized spacial score (nSPS) is 13.8. The third kappa shape index (κ3) is 6.53. The van der Waals surface area contributed by atoms with Crippen molar-refractivity contribution < 1.29 is 13.2 Å². The first kappa shape index (κ1) is 23.3. The first-order chi connectivity index (χ1) is 13.8. The summed E-state index contributed by atoms with van der Waals surface area (Å²) in [5.74, 6) is 0.569. The predicted octanol–water partition coefficient (Wildman–Crippen LogP) is 6.24. The number of rotatable bonds is 4. The second-order valence-corrected chi connectivity index (χ2v) is 7.56. The van der Waals surface area contributed by atoms with E-state index in [9.17, 15) is 13.2 Å². The van der Waals surface area contributed by atoms with E-state index in [1.165, 1.54) is 37.0 Å². The molecule has 6 heteroatoms. The maximum Gasteiger partial charge on any atom is 0.416 e. The molecule has 2 nitrogen and oxygen atoms in total. The Labute approximate surface area is 177 Å². The average molecular weight is 423 g/mol. The first-order valence-corrected chi connectivity index (χ1v) is 10.5. The summed E-state index contributed by atoms with van der Waals surface area (Å²) in [6.07, 6.45) is 0.127. The summed E-state index contributed by atoms with van der Waals surface area (Å²) in [5.41, 5.74) is 3.11. The fraction of sp³-hybridized carbons (Fsp3) is 0.435. The molecule has 3 rings (SSSR count). The minimum absolute atomic E-state index is 0.230. The van der Waals surface area contributed by atoms with Crippen LogP contribution < -0.4 is 5.32 Å². The van der Waals surface area contributed by atoms with Gasteiger partial charge in [-0.1, -0.05) is 38.5 Å². The van der Waals surface area contributed by atoms with Crippen molar-refractivity contribution in [2.75, 3.05) is 13.1 Å². The van der Waals surface area contributed by atoms with Crippen LogP contribution in [-0.4, -0.2) is 18.9 Å². The summed E-state index contributed by atoms with van der Waals surface area (Å²) >= 11 is 4.33. The Kier molecular flexibility index (Phi) is 8.62. The van der Waals surface area contributed by atoms with Gasteiger partial charge in [-0.2, -0.15) is 13.2 Å². The second-order valence-electron chi connectivity index (χ2n) is 7.04. The Bertz CT molecular complexity index is 845. The van der Waals surface area contributed by atoms with Gasteiger partial charge in [-0.3, -0.25) is 4.99 Å². The highest BCUT2D eigenvalue weighted by molar-refractivity contribution is 7.80. The second kappa shape index (κ2) is 10.7. The highest BCUT2D eigenvalue weighted by atomic mass is 32.1. The van der Waals surface area contributed by atoms with Crippen molar-refractivity contribution in [1.29, 1.82) is 0 Å². The van der Waals surface area contributed by atoms with E-state index in [1.54, 1.807) is 6.07 Å². The van der Waals surface area contributed by atoms with Crippen LogP contribution in [0.1, 0.15) is 54.5 Å². The van der Waals surface area contributed by atoms with Gasteiger partial charge in [0.25, 0.3) is 0 Å². The van der Waals surface area contributed by atoms with Crippen molar-refractivity contribution in [2.24, 2.45) is 4.99 Å². The van der Waals surface area contributed by atoms with Crippen molar-refractivity contribution in [3.05, 3.63) is 64.2 Å². The molecule has 1 N–H and O–H groups in total. The quantitative estimate of drug-likeness (QED) is 0.560. The van der Waals surface area contributed by atoms with E-state index in [0.717, 1.165) is 30.3 Å². The van der Waals surface area contributed by atoms with Gasteiger partial charge in [0.05, 0.1) is 5.56 Å². The summed E-state index contributed by atoms with van der Waals surface area (Å²) in [6, 6.07) is 10.6. The fourth-order valence-corrected chi connectivity index (χ4v) is 3.60. The lowest BCUT2D eigenvalue weighted by molar-refractivity contribution is -0.138. The molecule has 0 aliphatic carbocycles. The average Bonchev–Trinajstić information content (AvgIpc) is 2.69. The maximum atomic E-state index is 12.7. The van der Waals surface area contributed by atoms with Gasteiger partial charge in [0.15, 0.2) is 0 Å². The van der Waals surface area contributed by atoms with Crippen LogP contribution in [0.15, 0.2) is 46.3 Å². The van der Waals surface area contributed by atoms with Crippen molar-refractivity contribution >= 4 is 18.5 Å². The van der Waals surface area contributed by atoms with Gasteiger partial charge in [0.2, 0.25) is 0 Å². The summed E-state index contributed by atoms with van der Waals surface area (Å²) < 4.78 is 38.2. The van der Waals surface area contributed by atoms with Crippen molar-refractivity contribution in [2.45, 2.75) is 57.5 Å². The van der Waals surface area contributed by atoms with E-state index in [2.05, 4.69) is 55.0 Å². The number of aliphatic imine (C=N–C) groups is 1. The number of thiol groups is 1. The van der Waals surface area contributed by atoms with Gasteiger partial charge >= 0.3 is 6.18 Å². The van der Waals surface area contributed by atoms with Crippen LogP contribution in [0.3, 0.4) is 0 Å². The number of amidine groups is 1. The third-order valence-corrected chi connectivity index (χ3v) is 5.16. The lowest BCUT2D eigenvalue weighted by Crippen LogP contribution is -2.31. The SMILES string of the molecule is CCCc1cc(S)ccc1CC.Cc1c(C2=NCCCN2)cccc1C(F)(F)F. The number of aryl methyl sites for hydroxylation is 2. The molecule has 1 heterocycles. The van der Waals surface area contributed by atoms with Gasteiger partial charge < -0.3 is 5.32 Å². The van der Waals surface area contributed by atoms with E-state index in [4.69, 9.17) is 0 Å². The molecule has 1 aliphatic heterocycles. The molecule has 0 spiro atoms. The lowest BCUT2D eigenvalue weighted by Gasteiger charge is -2.18. The minimum Gasteiger partial charge on any atom is -0.370 e. The van der Waals surface area contributed by atoms with Crippen molar-refractivity contribution in [3.63, 3.8) is 0 Å². The van der Waals surface area contributed by atoms with Crippen LogP contribution in [0, 0.1) is 6.92 Å². The van der Waals surface area contributed by atoms with E-state index >= 15 is 0 Å². The lowest BCUT2D eigenvalue weighted by atomic mass is 10.0. The van der Waals surface area contributed by atoms with E-state index in [0.29, 0.717) is 17.9 Å². The van der Waals surface area contributed by atoms with Crippen LogP contribution >= 0.6 is 12.6 Å². The third-order valence-electron chi connectivity index (χ3n) is 4.88. The molecule has 0 bridgehead atoms. The minimum atomic E-state index is -4.31. The Balaban J connectivity index is 0.000000221. The molecule has 0 saturated carbocycles. The molecule has 0 aromatic heterocycles. The molecule has 0 saturated heterocycles. The molecular weight excluding hydrogens is 393 g/mol. The van der Waals surface area contributed by atoms with Crippen LogP contribution in [0.2, 0.25) is 0 Å². The molecule has 2 aromatic carbocycles. The first-order valence-electron chi connectivity index (χ1n) is 10.0. The maximum absolute atomic E-state index is 12.7. The molecule has 0 fully saturated rings. The topological polar surface area (TPSA) is 24.4 Å². The van der Waals surface area contributed by atoms with Gasteiger partial charge in [-0.15, -0.1) is 12.6 Å². The van der Waals surface area contributed by atoms with Gasteiger partial charge in [0, 0.05) is 23.5 Å². The number of nitrogens with zero attached hydrogens (tertiary/aromatic N) is 1. The molecule has 29 heavy (non-hydrogen) atoms. The zero-order valence-electron chi connectivity index (χ0n) is 17.2. The molecule has 0 atom stereocenters. The zero-order chi connectivity index (χ0) is 21.4. The highest BCUT2D eigenvalue weighted by Gasteiger charge is 2.33. The monoisotopic (exact) mass is 422 g/mol. The number of alkyl halides is 3. The van der Waals surface area contributed by atoms with E-state index in [-0.39, 0.29) is 5.56 Å². The van der Waals surface area contributed by atoms with Crippen molar-refractivity contribution in [1.82, 2.24) is 5.32 Å². The summed E-state index contributed by atoms with van der Waals surface area (Å²) in [6.45, 7) is 7.32. The molecular formula is C23H29F3N2S. The van der Waals surface area contributed by atoms with E-state index < -0.39 is 11.7 Å². The smallest absolute Gasteiger partial charge is 0.370 e. The highest BCUT2D eigenvalue weighted by Crippen LogP contribution is 2.33. The van der Waals surface area contributed by atoms with Crippen LogP contribution in [-0.2, 0) is 19.0 Å². The summed E-state index contributed by atoms with van der Waals surface area (Å²) in [5, 5.41) is 3.04. The van der Waals surface area contributed by atoms with E-state index in [1.807, 2.05) is 0 Å². The Morgan fingerprint density at radius 1 is 1.10 bits per heavy atom. The Hall–Kier alpha value is -1.95. The molecule has 1 aliphatic rings. The zero-order valence-corrected chi connectivity index (χ0v) is 18.1. The van der Waals surface area contributed by atoms with Crippen LogP contribution in [0.25, 0.3) is 0 Å².